The molecule has 5 nitrogen and oxygen atoms in total. The molecule has 0 atom stereocenters. The molecule has 0 amide bonds. The summed E-state index contributed by atoms with van der Waals surface area (Å²) in [5.74, 6) is 2.47. The van der Waals surface area contributed by atoms with Crippen LogP contribution in [0.5, 0.6) is 17.2 Å². The van der Waals surface area contributed by atoms with E-state index in [0.717, 1.165) is 22.4 Å². The van der Waals surface area contributed by atoms with Crippen LogP contribution in [-0.2, 0) is 0 Å². The first-order chi connectivity index (χ1) is 12.6. The van der Waals surface area contributed by atoms with Crippen LogP contribution in [0.15, 0.2) is 57.7 Å². The minimum atomic E-state index is -0.361. The van der Waals surface area contributed by atoms with Crippen molar-refractivity contribution < 1.29 is 18.6 Å². The summed E-state index contributed by atoms with van der Waals surface area (Å²) in [5.41, 5.74) is 2.62. The lowest BCUT2D eigenvalue weighted by Crippen LogP contribution is -2.05. The Morgan fingerprint density at radius 1 is 0.769 bits per heavy atom. The fourth-order valence-electron chi connectivity index (χ4n) is 2.74. The highest BCUT2D eigenvalue weighted by Crippen LogP contribution is 2.37. The van der Waals surface area contributed by atoms with Gasteiger partial charge in [-0.1, -0.05) is 6.07 Å². The predicted octanol–water partition coefficient (Wildman–Crippen LogP) is 4.31. The zero-order valence-corrected chi connectivity index (χ0v) is 15.2. The molecule has 2 aromatic carbocycles. The molecule has 3 rings (SSSR count). The normalized spacial score (nSPS) is 10.5. The summed E-state index contributed by atoms with van der Waals surface area (Å²) in [7, 11) is 4.78. The molecule has 0 aliphatic carbocycles. The van der Waals surface area contributed by atoms with Crippen molar-refractivity contribution in [2.45, 2.75) is 6.92 Å². The van der Waals surface area contributed by atoms with E-state index < -0.39 is 0 Å². The van der Waals surface area contributed by atoms with Crippen LogP contribution >= 0.6 is 0 Å². The molecule has 0 unspecified atom stereocenters. The van der Waals surface area contributed by atoms with Gasteiger partial charge in [-0.15, -0.1) is 0 Å². The van der Waals surface area contributed by atoms with E-state index >= 15 is 0 Å². The van der Waals surface area contributed by atoms with E-state index in [9.17, 15) is 4.79 Å². The molecular weight excluding hydrogens is 332 g/mol. The average molecular weight is 352 g/mol. The summed E-state index contributed by atoms with van der Waals surface area (Å²) < 4.78 is 21.5. The molecule has 26 heavy (non-hydrogen) atoms. The van der Waals surface area contributed by atoms with Crippen LogP contribution in [0.1, 0.15) is 5.56 Å². The van der Waals surface area contributed by atoms with E-state index in [1.807, 2.05) is 48.5 Å². The second-order valence-electron chi connectivity index (χ2n) is 5.76. The molecule has 5 heteroatoms. The van der Waals surface area contributed by atoms with E-state index in [0.29, 0.717) is 22.8 Å². The summed E-state index contributed by atoms with van der Waals surface area (Å²) >= 11 is 0. The predicted molar refractivity (Wildman–Crippen MR) is 100 cm³/mol. The lowest BCUT2D eigenvalue weighted by atomic mass is 9.99. The van der Waals surface area contributed by atoms with Crippen LogP contribution in [-0.4, -0.2) is 21.3 Å². The van der Waals surface area contributed by atoms with E-state index in [4.69, 9.17) is 18.6 Å². The van der Waals surface area contributed by atoms with Crippen LogP contribution in [0.2, 0.25) is 0 Å². The first-order valence-corrected chi connectivity index (χ1v) is 8.09. The smallest absolute Gasteiger partial charge is 0.339 e. The van der Waals surface area contributed by atoms with E-state index in [2.05, 4.69) is 0 Å². The number of rotatable bonds is 5. The zero-order valence-electron chi connectivity index (χ0n) is 15.2. The largest absolute Gasteiger partial charge is 0.497 e. The fraction of sp³-hybridized carbons (Fsp3) is 0.190. The summed E-state index contributed by atoms with van der Waals surface area (Å²) in [4.78, 5) is 12.1. The van der Waals surface area contributed by atoms with Crippen LogP contribution < -0.4 is 19.8 Å². The van der Waals surface area contributed by atoms with E-state index in [1.54, 1.807) is 28.3 Å². The van der Waals surface area contributed by atoms with Crippen molar-refractivity contribution in [3.05, 3.63) is 64.5 Å². The molecule has 3 aromatic rings. The topological polar surface area (TPSA) is 57.9 Å². The van der Waals surface area contributed by atoms with Gasteiger partial charge in [0.1, 0.15) is 11.5 Å². The number of hydrogen-bond acceptors (Lipinski definition) is 5. The third-order valence-corrected chi connectivity index (χ3v) is 4.17. The van der Waals surface area contributed by atoms with Gasteiger partial charge in [0.05, 0.1) is 21.3 Å². The molecule has 0 saturated carbocycles. The van der Waals surface area contributed by atoms with Gasteiger partial charge in [0.15, 0.2) is 11.5 Å². The van der Waals surface area contributed by atoms with Gasteiger partial charge in [-0.2, -0.15) is 0 Å². The average Bonchev–Trinajstić information content (AvgIpc) is 2.69. The van der Waals surface area contributed by atoms with Gasteiger partial charge in [-0.25, -0.2) is 4.79 Å². The minimum Gasteiger partial charge on any atom is -0.497 e. The standard InChI is InChI=1S/C21H20O5/c1-13-11-17(15-7-10-18(24-3)19(12-15)25-4)20(26-21(13)22)14-5-8-16(23-2)9-6-14/h5-12H,1-4H3. The fourth-order valence-corrected chi connectivity index (χ4v) is 2.74. The van der Waals surface area contributed by atoms with Gasteiger partial charge in [0, 0.05) is 16.7 Å². The van der Waals surface area contributed by atoms with Crippen LogP contribution in [0.3, 0.4) is 0 Å². The Kier molecular flexibility index (Phi) is 4.98. The molecule has 1 heterocycles. The van der Waals surface area contributed by atoms with Crippen molar-refractivity contribution >= 4 is 0 Å². The molecule has 1 aromatic heterocycles. The Labute approximate surface area is 151 Å². The monoisotopic (exact) mass is 352 g/mol. The Morgan fingerprint density at radius 3 is 2.04 bits per heavy atom. The Balaban J connectivity index is 2.20. The van der Waals surface area contributed by atoms with Crippen molar-refractivity contribution in [2.24, 2.45) is 0 Å². The number of benzene rings is 2. The number of hydrogen-bond donors (Lipinski definition) is 0. The lowest BCUT2D eigenvalue weighted by molar-refractivity contribution is 0.355. The maximum atomic E-state index is 12.1. The second-order valence-corrected chi connectivity index (χ2v) is 5.76. The van der Waals surface area contributed by atoms with Crippen molar-refractivity contribution in [1.29, 1.82) is 0 Å². The quantitative estimate of drug-likeness (QED) is 0.685. The van der Waals surface area contributed by atoms with Crippen molar-refractivity contribution in [1.82, 2.24) is 0 Å². The Hall–Kier alpha value is -3.21. The number of aryl methyl sites for hydroxylation is 1. The Bertz CT molecular complexity index is 971. The van der Waals surface area contributed by atoms with Gasteiger partial charge in [0.25, 0.3) is 0 Å². The highest BCUT2D eigenvalue weighted by atomic mass is 16.5. The van der Waals surface area contributed by atoms with Crippen LogP contribution in [0.25, 0.3) is 22.5 Å². The number of ether oxygens (including phenoxy) is 3. The summed E-state index contributed by atoms with van der Waals surface area (Å²) in [6.45, 7) is 1.73. The van der Waals surface area contributed by atoms with Gasteiger partial charge < -0.3 is 18.6 Å². The molecule has 0 fully saturated rings. The molecular formula is C21H20O5. The molecule has 0 aliphatic rings. The van der Waals surface area contributed by atoms with E-state index in [1.165, 1.54) is 0 Å². The van der Waals surface area contributed by atoms with Crippen LogP contribution in [0, 0.1) is 6.92 Å². The van der Waals surface area contributed by atoms with Gasteiger partial charge in [0.2, 0.25) is 0 Å². The zero-order chi connectivity index (χ0) is 18.7. The van der Waals surface area contributed by atoms with Crippen molar-refractivity contribution in [3.8, 4) is 39.7 Å². The summed E-state index contributed by atoms with van der Waals surface area (Å²) in [6.07, 6.45) is 0. The molecule has 0 aliphatic heterocycles. The first kappa shape index (κ1) is 17.6. The molecule has 0 saturated heterocycles. The van der Waals surface area contributed by atoms with Crippen molar-refractivity contribution in [3.63, 3.8) is 0 Å². The molecule has 0 radical (unpaired) electrons. The maximum Gasteiger partial charge on any atom is 0.339 e. The third kappa shape index (κ3) is 3.28. The minimum absolute atomic E-state index is 0.361. The third-order valence-electron chi connectivity index (χ3n) is 4.17. The number of methoxy groups -OCH3 is 3. The second kappa shape index (κ2) is 7.35. The molecule has 0 bridgehead atoms. The van der Waals surface area contributed by atoms with Crippen molar-refractivity contribution in [2.75, 3.05) is 21.3 Å². The SMILES string of the molecule is COc1ccc(-c2oc(=O)c(C)cc2-c2ccc(OC)c(OC)c2)cc1. The van der Waals surface area contributed by atoms with Gasteiger partial charge in [-0.3, -0.25) is 0 Å². The lowest BCUT2D eigenvalue weighted by Gasteiger charge is -2.13. The maximum absolute atomic E-state index is 12.1. The summed E-state index contributed by atoms with van der Waals surface area (Å²) in [6, 6.07) is 14.8. The van der Waals surface area contributed by atoms with Crippen LogP contribution in [0.4, 0.5) is 0 Å². The van der Waals surface area contributed by atoms with E-state index in [-0.39, 0.29) is 5.63 Å². The molecule has 134 valence electrons. The summed E-state index contributed by atoms with van der Waals surface area (Å²) in [5, 5.41) is 0. The molecule has 0 spiro atoms. The van der Waals surface area contributed by atoms with Gasteiger partial charge in [-0.05, 0) is 55.0 Å². The molecule has 0 N–H and O–H groups in total. The first-order valence-electron chi connectivity index (χ1n) is 8.09. The highest BCUT2D eigenvalue weighted by molar-refractivity contribution is 5.81. The van der Waals surface area contributed by atoms with Gasteiger partial charge >= 0.3 is 5.63 Å². The Morgan fingerprint density at radius 2 is 1.42 bits per heavy atom. The highest BCUT2D eigenvalue weighted by Gasteiger charge is 2.15.